The third-order valence-corrected chi connectivity index (χ3v) is 6.55. The monoisotopic (exact) mass is 550 g/mol. The van der Waals surface area contributed by atoms with Gasteiger partial charge in [-0.2, -0.15) is 13.2 Å². The molecule has 3 aromatic rings. The molecule has 1 N–H and O–H groups in total. The lowest BCUT2D eigenvalue weighted by atomic mass is 9.96. The Balaban J connectivity index is 1.53. The maximum absolute atomic E-state index is 14.4. The molecule has 0 bridgehead atoms. The van der Waals surface area contributed by atoms with Gasteiger partial charge in [0.2, 0.25) is 5.91 Å². The van der Waals surface area contributed by atoms with Crippen LogP contribution in [0.3, 0.4) is 0 Å². The van der Waals surface area contributed by atoms with E-state index in [4.69, 9.17) is 21.1 Å². The number of ether oxygens (including phenoxy) is 2. The smallest absolute Gasteiger partial charge is 0.419 e. The number of carbonyl (C=O) groups excluding carboxylic acids is 2. The fourth-order valence-corrected chi connectivity index (χ4v) is 4.57. The lowest BCUT2D eigenvalue weighted by Gasteiger charge is -2.31. The zero-order valence-electron chi connectivity index (χ0n) is 20.4. The Bertz CT molecular complexity index is 1370. The predicted octanol–water partition coefficient (Wildman–Crippen LogP) is 5.89. The highest BCUT2D eigenvalue weighted by atomic mass is 35.5. The molecule has 0 fully saturated rings. The summed E-state index contributed by atoms with van der Waals surface area (Å²) in [4.78, 5) is 27.6. The number of alkyl halides is 3. The zero-order chi connectivity index (χ0) is 27.6. The molecule has 0 saturated heterocycles. The van der Waals surface area contributed by atoms with Crippen molar-refractivity contribution in [3.63, 3.8) is 0 Å². The second-order valence-electron chi connectivity index (χ2n) is 8.64. The van der Waals surface area contributed by atoms with Crippen LogP contribution in [0.5, 0.6) is 11.5 Å². The summed E-state index contributed by atoms with van der Waals surface area (Å²) in [6, 6.07) is 11.0. The molecule has 4 rings (SSSR count). The zero-order valence-corrected chi connectivity index (χ0v) is 21.2. The summed E-state index contributed by atoms with van der Waals surface area (Å²) < 4.78 is 64.0. The highest BCUT2D eigenvalue weighted by Gasteiger charge is 2.35. The van der Waals surface area contributed by atoms with Crippen LogP contribution >= 0.6 is 11.6 Å². The van der Waals surface area contributed by atoms with Gasteiger partial charge in [0, 0.05) is 24.7 Å². The van der Waals surface area contributed by atoms with Crippen molar-refractivity contribution in [2.45, 2.75) is 25.6 Å². The standard InChI is InChI=1S/C27H23ClF4N2O4/c1-37-18-10-17(11-19(13-18)38-2)26(36)34-9-8-20-16(14-34)6-7-22(28)25(20)33-23(35)12-15-4-3-5-21(24(15)29)27(30,31)32/h3-7,10-11,13H,8-9,12,14H2,1-2H3,(H,33,35). The van der Waals surface area contributed by atoms with Gasteiger partial charge < -0.3 is 19.7 Å². The van der Waals surface area contributed by atoms with E-state index in [0.717, 1.165) is 17.7 Å². The minimum atomic E-state index is -4.88. The number of methoxy groups -OCH3 is 2. The number of carbonyl (C=O) groups is 2. The van der Waals surface area contributed by atoms with E-state index in [1.54, 1.807) is 35.2 Å². The van der Waals surface area contributed by atoms with E-state index in [9.17, 15) is 27.2 Å². The summed E-state index contributed by atoms with van der Waals surface area (Å²) in [5, 5.41) is 2.84. The van der Waals surface area contributed by atoms with Crippen LogP contribution in [-0.2, 0) is 30.4 Å². The van der Waals surface area contributed by atoms with E-state index in [1.807, 2.05) is 0 Å². The van der Waals surface area contributed by atoms with Gasteiger partial charge in [0.05, 0.1) is 36.9 Å². The van der Waals surface area contributed by atoms with Crippen LogP contribution in [0.25, 0.3) is 0 Å². The Morgan fingerprint density at radius 3 is 2.37 bits per heavy atom. The first-order chi connectivity index (χ1) is 18.0. The summed E-state index contributed by atoms with van der Waals surface area (Å²) in [7, 11) is 2.97. The highest BCUT2D eigenvalue weighted by molar-refractivity contribution is 6.34. The number of hydrogen-bond donors (Lipinski definition) is 1. The van der Waals surface area contributed by atoms with Gasteiger partial charge >= 0.3 is 6.18 Å². The number of rotatable bonds is 6. The molecule has 0 aliphatic carbocycles. The van der Waals surface area contributed by atoms with Gasteiger partial charge in [-0.3, -0.25) is 9.59 Å². The Morgan fingerprint density at radius 2 is 1.74 bits per heavy atom. The van der Waals surface area contributed by atoms with Gasteiger partial charge in [-0.05, 0) is 47.4 Å². The van der Waals surface area contributed by atoms with E-state index in [2.05, 4.69) is 5.32 Å². The van der Waals surface area contributed by atoms with Crippen molar-refractivity contribution in [1.29, 1.82) is 0 Å². The molecule has 0 aromatic heterocycles. The predicted molar refractivity (Wildman–Crippen MR) is 133 cm³/mol. The Kier molecular flexibility index (Phi) is 7.82. The van der Waals surface area contributed by atoms with E-state index >= 15 is 0 Å². The maximum Gasteiger partial charge on any atom is 0.419 e. The van der Waals surface area contributed by atoms with Crippen LogP contribution in [0.15, 0.2) is 48.5 Å². The van der Waals surface area contributed by atoms with Gasteiger partial charge in [0.15, 0.2) is 0 Å². The molecule has 3 aromatic carbocycles. The van der Waals surface area contributed by atoms with E-state index in [1.165, 1.54) is 14.2 Å². The molecule has 0 saturated carbocycles. The molecule has 2 amide bonds. The SMILES string of the molecule is COc1cc(OC)cc(C(=O)N2CCc3c(ccc(Cl)c3NC(=O)Cc3cccc(C(F)(F)F)c3F)C2)c1. The van der Waals surface area contributed by atoms with E-state index in [0.29, 0.717) is 41.7 Å². The fourth-order valence-electron chi connectivity index (χ4n) is 4.34. The van der Waals surface area contributed by atoms with Crippen LogP contribution in [0, 0.1) is 5.82 Å². The Hall–Kier alpha value is -3.79. The van der Waals surface area contributed by atoms with Crippen molar-refractivity contribution in [2.75, 3.05) is 26.1 Å². The molecule has 0 radical (unpaired) electrons. The quantitative estimate of drug-likeness (QED) is 0.388. The second kappa shape index (κ2) is 10.9. The third-order valence-electron chi connectivity index (χ3n) is 6.24. The van der Waals surface area contributed by atoms with Crippen molar-refractivity contribution in [3.8, 4) is 11.5 Å². The summed E-state index contributed by atoms with van der Waals surface area (Å²) >= 11 is 6.34. The first-order valence-electron chi connectivity index (χ1n) is 11.5. The number of hydrogen-bond acceptors (Lipinski definition) is 4. The van der Waals surface area contributed by atoms with Crippen LogP contribution in [0.1, 0.15) is 32.6 Å². The average Bonchev–Trinajstić information content (AvgIpc) is 2.89. The van der Waals surface area contributed by atoms with Crippen LogP contribution in [0.4, 0.5) is 23.2 Å². The van der Waals surface area contributed by atoms with Crippen LogP contribution in [0.2, 0.25) is 5.02 Å². The molecular weight excluding hydrogens is 528 g/mol. The van der Waals surface area contributed by atoms with Crippen LogP contribution in [-0.4, -0.2) is 37.5 Å². The van der Waals surface area contributed by atoms with Crippen molar-refractivity contribution in [3.05, 3.63) is 87.2 Å². The van der Waals surface area contributed by atoms with Gasteiger partial charge in [-0.15, -0.1) is 0 Å². The topological polar surface area (TPSA) is 67.9 Å². The fraction of sp³-hybridized carbons (Fsp3) is 0.259. The molecule has 0 unspecified atom stereocenters. The van der Waals surface area contributed by atoms with Crippen molar-refractivity contribution >= 4 is 29.1 Å². The van der Waals surface area contributed by atoms with Crippen LogP contribution < -0.4 is 14.8 Å². The van der Waals surface area contributed by atoms with Crippen molar-refractivity contribution in [1.82, 2.24) is 4.90 Å². The molecule has 0 atom stereocenters. The minimum absolute atomic E-state index is 0.221. The maximum atomic E-state index is 14.4. The Labute approximate surface area is 221 Å². The van der Waals surface area contributed by atoms with Gasteiger partial charge in [-0.25, -0.2) is 4.39 Å². The first-order valence-corrected chi connectivity index (χ1v) is 11.9. The second-order valence-corrected chi connectivity index (χ2v) is 9.05. The molecule has 38 heavy (non-hydrogen) atoms. The third kappa shape index (κ3) is 5.70. The van der Waals surface area contributed by atoms with Crippen molar-refractivity contribution in [2.24, 2.45) is 0 Å². The molecular formula is C27H23ClF4N2O4. The number of nitrogens with one attached hydrogen (secondary N) is 1. The minimum Gasteiger partial charge on any atom is -0.497 e. The van der Waals surface area contributed by atoms with E-state index < -0.39 is 29.9 Å². The molecule has 6 nitrogen and oxygen atoms in total. The Morgan fingerprint density at radius 1 is 1.05 bits per heavy atom. The molecule has 1 heterocycles. The number of nitrogens with zero attached hydrogens (tertiary/aromatic N) is 1. The number of halogens is 5. The van der Waals surface area contributed by atoms with Gasteiger partial charge in [0.25, 0.3) is 5.91 Å². The largest absolute Gasteiger partial charge is 0.497 e. The van der Waals surface area contributed by atoms with Gasteiger partial charge in [0.1, 0.15) is 17.3 Å². The lowest BCUT2D eigenvalue weighted by Crippen LogP contribution is -2.36. The summed E-state index contributed by atoms with van der Waals surface area (Å²) in [6.07, 6.45) is -5.13. The molecule has 1 aliphatic rings. The molecule has 0 spiro atoms. The highest BCUT2D eigenvalue weighted by Crippen LogP contribution is 2.35. The van der Waals surface area contributed by atoms with E-state index in [-0.39, 0.29) is 28.7 Å². The van der Waals surface area contributed by atoms with Crippen molar-refractivity contribution < 1.29 is 36.6 Å². The summed E-state index contributed by atoms with van der Waals surface area (Å²) in [5.41, 5.74) is 0.291. The normalized spacial score (nSPS) is 13.1. The molecule has 11 heteroatoms. The number of anilines is 1. The lowest BCUT2D eigenvalue weighted by molar-refractivity contribution is -0.140. The first kappa shape index (κ1) is 27.3. The van der Waals surface area contributed by atoms with Gasteiger partial charge in [-0.1, -0.05) is 29.8 Å². The number of fused-ring (bicyclic) bond motifs is 1. The number of benzene rings is 3. The molecule has 200 valence electrons. The summed E-state index contributed by atoms with van der Waals surface area (Å²) in [5.74, 6) is -1.51. The number of amides is 2. The molecule has 1 aliphatic heterocycles. The average molecular weight is 551 g/mol. The summed E-state index contributed by atoms with van der Waals surface area (Å²) in [6.45, 7) is 0.548.